The third-order valence-corrected chi connectivity index (χ3v) is 2.78. The molecule has 0 bridgehead atoms. The van der Waals surface area contributed by atoms with Crippen LogP contribution in [0, 0.1) is 0 Å². The van der Waals surface area contributed by atoms with E-state index in [4.69, 9.17) is 14.9 Å². The second-order valence-corrected chi connectivity index (χ2v) is 4.06. The van der Waals surface area contributed by atoms with E-state index in [1.807, 2.05) is 42.5 Å². The van der Waals surface area contributed by atoms with Gasteiger partial charge in [-0.2, -0.15) is 0 Å². The van der Waals surface area contributed by atoms with E-state index < -0.39 is 0 Å². The van der Waals surface area contributed by atoms with Crippen LogP contribution in [0.2, 0.25) is 0 Å². The van der Waals surface area contributed by atoms with Crippen molar-refractivity contribution in [3.05, 3.63) is 54.2 Å². The molecule has 5 nitrogen and oxygen atoms in total. The van der Waals surface area contributed by atoms with Crippen LogP contribution in [0.3, 0.4) is 0 Å². The maximum absolute atomic E-state index is 5.73. The SMILES string of the molecule is NCc1nnc(COc2cccc3ccccc23)o1. The summed E-state index contributed by atoms with van der Waals surface area (Å²) in [5, 5.41) is 9.84. The molecule has 19 heavy (non-hydrogen) atoms. The molecule has 0 fully saturated rings. The standard InChI is InChI=1S/C14H13N3O2/c15-8-13-16-17-14(19-13)9-18-12-7-3-5-10-4-1-2-6-11(10)12/h1-7H,8-9,15H2. The topological polar surface area (TPSA) is 74.2 Å². The highest BCUT2D eigenvalue weighted by molar-refractivity contribution is 5.88. The molecule has 2 aromatic carbocycles. The summed E-state index contributed by atoms with van der Waals surface area (Å²) in [6.45, 7) is 0.474. The minimum atomic E-state index is 0.237. The van der Waals surface area contributed by atoms with Gasteiger partial charge in [0.25, 0.3) is 5.89 Å². The summed E-state index contributed by atoms with van der Waals surface area (Å²) in [6.07, 6.45) is 0. The fourth-order valence-electron chi connectivity index (χ4n) is 1.89. The third-order valence-electron chi connectivity index (χ3n) is 2.78. The summed E-state index contributed by atoms with van der Waals surface area (Å²) < 4.78 is 11.0. The summed E-state index contributed by atoms with van der Waals surface area (Å²) >= 11 is 0. The lowest BCUT2D eigenvalue weighted by molar-refractivity contribution is 0.262. The van der Waals surface area contributed by atoms with Gasteiger partial charge in [-0.05, 0) is 11.5 Å². The fourth-order valence-corrected chi connectivity index (χ4v) is 1.89. The highest BCUT2D eigenvalue weighted by atomic mass is 16.5. The molecule has 0 amide bonds. The van der Waals surface area contributed by atoms with E-state index in [2.05, 4.69) is 10.2 Å². The van der Waals surface area contributed by atoms with E-state index in [1.165, 1.54) is 0 Å². The van der Waals surface area contributed by atoms with Gasteiger partial charge in [-0.25, -0.2) is 0 Å². The van der Waals surface area contributed by atoms with Crippen molar-refractivity contribution in [2.24, 2.45) is 5.73 Å². The lowest BCUT2D eigenvalue weighted by Crippen LogP contribution is -1.96. The predicted octanol–water partition coefficient (Wildman–Crippen LogP) is 2.26. The van der Waals surface area contributed by atoms with E-state index in [9.17, 15) is 0 Å². The molecule has 0 aliphatic carbocycles. The molecule has 96 valence electrons. The molecule has 3 rings (SSSR count). The van der Waals surface area contributed by atoms with Gasteiger partial charge >= 0.3 is 0 Å². The molecule has 2 N–H and O–H groups in total. The highest BCUT2D eigenvalue weighted by Crippen LogP contribution is 2.25. The van der Waals surface area contributed by atoms with Crippen molar-refractivity contribution >= 4 is 10.8 Å². The van der Waals surface area contributed by atoms with Crippen molar-refractivity contribution in [3.8, 4) is 5.75 Å². The fraction of sp³-hybridized carbons (Fsp3) is 0.143. The zero-order valence-corrected chi connectivity index (χ0v) is 10.2. The average molecular weight is 255 g/mol. The Hall–Kier alpha value is -2.40. The Morgan fingerprint density at radius 3 is 2.63 bits per heavy atom. The van der Waals surface area contributed by atoms with Gasteiger partial charge in [-0.1, -0.05) is 36.4 Å². The normalized spacial score (nSPS) is 10.8. The third kappa shape index (κ3) is 2.41. The van der Waals surface area contributed by atoms with Gasteiger partial charge in [-0.3, -0.25) is 0 Å². The van der Waals surface area contributed by atoms with Crippen LogP contribution in [0.4, 0.5) is 0 Å². The number of nitrogens with two attached hydrogens (primary N) is 1. The molecule has 5 heteroatoms. The molecule has 0 atom stereocenters. The maximum atomic E-state index is 5.73. The Morgan fingerprint density at radius 2 is 1.79 bits per heavy atom. The van der Waals surface area contributed by atoms with Crippen LogP contribution in [0.1, 0.15) is 11.8 Å². The minimum Gasteiger partial charge on any atom is -0.483 e. The van der Waals surface area contributed by atoms with Crippen molar-refractivity contribution in [2.45, 2.75) is 13.2 Å². The van der Waals surface area contributed by atoms with Gasteiger partial charge in [0.1, 0.15) is 5.75 Å². The van der Waals surface area contributed by atoms with E-state index >= 15 is 0 Å². The van der Waals surface area contributed by atoms with Crippen molar-refractivity contribution in [3.63, 3.8) is 0 Å². The number of ether oxygens (including phenoxy) is 1. The lowest BCUT2D eigenvalue weighted by Gasteiger charge is -2.06. The average Bonchev–Trinajstić information content (AvgIpc) is 2.93. The first kappa shape index (κ1) is 11.7. The zero-order chi connectivity index (χ0) is 13.1. The number of aromatic nitrogens is 2. The molecule has 1 aromatic heterocycles. The second-order valence-electron chi connectivity index (χ2n) is 4.06. The van der Waals surface area contributed by atoms with Gasteiger partial charge in [-0.15, -0.1) is 10.2 Å². The predicted molar refractivity (Wildman–Crippen MR) is 70.5 cm³/mol. The Kier molecular flexibility index (Phi) is 3.12. The number of fused-ring (bicyclic) bond motifs is 1. The smallest absolute Gasteiger partial charge is 0.253 e. The maximum Gasteiger partial charge on any atom is 0.253 e. The van der Waals surface area contributed by atoms with Gasteiger partial charge in [0, 0.05) is 5.39 Å². The monoisotopic (exact) mass is 255 g/mol. The lowest BCUT2D eigenvalue weighted by atomic mass is 10.1. The summed E-state index contributed by atoms with van der Waals surface area (Å²) in [5.74, 6) is 1.63. The molecule has 0 unspecified atom stereocenters. The number of benzene rings is 2. The van der Waals surface area contributed by atoms with Crippen molar-refractivity contribution in [1.29, 1.82) is 0 Å². The highest BCUT2D eigenvalue weighted by Gasteiger charge is 2.06. The summed E-state index contributed by atoms with van der Waals surface area (Å²) in [7, 11) is 0. The van der Waals surface area contributed by atoms with Crippen LogP contribution >= 0.6 is 0 Å². The first-order valence-electron chi connectivity index (χ1n) is 5.98. The Bertz CT molecular complexity index is 688. The Morgan fingerprint density at radius 1 is 1.00 bits per heavy atom. The van der Waals surface area contributed by atoms with E-state index in [-0.39, 0.29) is 13.2 Å². The minimum absolute atomic E-state index is 0.237. The van der Waals surface area contributed by atoms with Crippen LogP contribution in [-0.2, 0) is 13.2 Å². The van der Waals surface area contributed by atoms with Crippen molar-refractivity contribution in [1.82, 2.24) is 10.2 Å². The molecular weight excluding hydrogens is 242 g/mol. The summed E-state index contributed by atoms with van der Waals surface area (Å²) in [5.41, 5.74) is 5.41. The van der Waals surface area contributed by atoms with Gasteiger partial charge in [0.05, 0.1) is 6.54 Å². The quantitative estimate of drug-likeness (QED) is 0.774. The molecule has 1 heterocycles. The zero-order valence-electron chi connectivity index (χ0n) is 10.2. The molecule has 0 aliphatic rings. The first-order valence-corrected chi connectivity index (χ1v) is 5.98. The summed E-state index contributed by atoms with van der Waals surface area (Å²) in [6, 6.07) is 14.0. The van der Waals surface area contributed by atoms with E-state index in [0.717, 1.165) is 16.5 Å². The second kappa shape index (κ2) is 5.07. The van der Waals surface area contributed by atoms with Gasteiger partial charge in [0.15, 0.2) is 6.61 Å². The van der Waals surface area contributed by atoms with Crippen LogP contribution in [0.15, 0.2) is 46.9 Å². The molecule has 3 aromatic rings. The number of rotatable bonds is 4. The Balaban J connectivity index is 1.81. The van der Waals surface area contributed by atoms with Crippen LogP contribution in [0.5, 0.6) is 5.75 Å². The van der Waals surface area contributed by atoms with Crippen molar-refractivity contribution in [2.75, 3.05) is 0 Å². The van der Waals surface area contributed by atoms with E-state index in [1.54, 1.807) is 0 Å². The molecular formula is C14H13N3O2. The first-order chi connectivity index (χ1) is 9.36. The van der Waals surface area contributed by atoms with Crippen LogP contribution in [0.25, 0.3) is 10.8 Å². The largest absolute Gasteiger partial charge is 0.483 e. The number of nitrogens with zero attached hydrogens (tertiary/aromatic N) is 2. The number of hydrogen-bond acceptors (Lipinski definition) is 5. The van der Waals surface area contributed by atoms with Gasteiger partial charge in [0.2, 0.25) is 5.89 Å². The molecule has 0 saturated carbocycles. The summed E-state index contributed by atoms with van der Waals surface area (Å²) in [4.78, 5) is 0. The van der Waals surface area contributed by atoms with Gasteiger partial charge < -0.3 is 14.9 Å². The van der Waals surface area contributed by atoms with E-state index in [0.29, 0.717) is 11.8 Å². The van der Waals surface area contributed by atoms with Crippen molar-refractivity contribution < 1.29 is 9.15 Å². The molecule has 0 radical (unpaired) electrons. The number of hydrogen-bond donors (Lipinski definition) is 1. The molecule has 0 saturated heterocycles. The molecule has 0 aliphatic heterocycles. The molecule has 0 spiro atoms. The van der Waals surface area contributed by atoms with Crippen LogP contribution < -0.4 is 10.5 Å². The van der Waals surface area contributed by atoms with Crippen LogP contribution in [-0.4, -0.2) is 10.2 Å². The Labute approximate surface area is 110 Å².